The Labute approximate surface area is 139 Å². The van der Waals surface area contributed by atoms with E-state index in [1.165, 1.54) is 15.7 Å². The van der Waals surface area contributed by atoms with Gasteiger partial charge in [0, 0.05) is 27.2 Å². The lowest BCUT2D eigenvalue weighted by Crippen LogP contribution is -2.14. The van der Waals surface area contributed by atoms with E-state index in [0.29, 0.717) is 26.3 Å². The highest BCUT2D eigenvalue weighted by atomic mass is 35.5. The zero-order chi connectivity index (χ0) is 15.0. The average molecular weight is 358 g/mol. The molecule has 3 aromatic rings. The minimum Gasteiger partial charge on any atom is -0.267 e. The fraction of sp³-hybridized carbons (Fsp3) is 0. The maximum Gasteiger partial charge on any atom is 0.277 e. The molecule has 21 heavy (non-hydrogen) atoms. The van der Waals surface area contributed by atoms with Crippen LogP contribution in [0.25, 0.3) is 17.1 Å². The molecule has 0 atom stereocenters. The van der Waals surface area contributed by atoms with Gasteiger partial charge in [-0.2, -0.15) is 0 Å². The van der Waals surface area contributed by atoms with Gasteiger partial charge in [0.1, 0.15) is 5.02 Å². The highest BCUT2D eigenvalue weighted by Crippen LogP contribution is 2.26. The minimum atomic E-state index is -0.298. The molecule has 0 aliphatic rings. The largest absolute Gasteiger partial charge is 0.277 e. The predicted molar refractivity (Wildman–Crippen MR) is 89.7 cm³/mol. The quantitative estimate of drug-likeness (QED) is 0.654. The number of hydrogen-bond acceptors (Lipinski definition) is 3. The van der Waals surface area contributed by atoms with Crippen LogP contribution in [0.15, 0.2) is 34.6 Å². The summed E-state index contributed by atoms with van der Waals surface area (Å²) >= 11 is 19.6. The molecule has 0 saturated carbocycles. The maximum absolute atomic E-state index is 12.1. The Morgan fingerprint density at radius 3 is 2.57 bits per heavy atom. The summed E-state index contributed by atoms with van der Waals surface area (Å²) in [6.07, 6.45) is 4.97. The number of aromatic nitrogens is 2. The maximum atomic E-state index is 12.1. The molecular formula is C14H7Cl3N2OS. The van der Waals surface area contributed by atoms with Crippen LogP contribution in [0.5, 0.6) is 0 Å². The summed E-state index contributed by atoms with van der Waals surface area (Å²) in [6.45, 7) is 0. The molecule has 0 bridgehead atoms. The molecule has 0 aliphatic heterocycles. The van der Waals surface area contributed by atoms with Gasteiger partial charge in [-0.15, -0.1) is 11.3 Å². The van der Waals surface area contributed by atoms with E-state index in [2.05, 4.69) is 4.98 Å². The number of halogens is 3. The standard InChI is InChI=1S/C14H7Cl3N2OS/c15-9-2-1-3-10(16)8(9)4-5-11-12(17)13(20)19-6-7-21-14(19)18-11/h1-7H. The van der Waals surface area contributed by atoms with Crippen molar-refractivity contribution >= 4 is 63.3 Å². The smallest absolute Gasteiger partial charge is 0.267 e. The van der Waals surface area contributed by atoms with Crippen LogP contribution < -0.4 is 5.56 Å². The van der Waals surface area contributed by atoms with Gasteiger partial charge >= 0.3 is 0 Å². The van der Waals surface area contributed by atoms with Crippen LogP contribution in [0.3, 0.4) is 0 Å². The molecule has 7 heteroatoms. The second kappa shape index (κ2) is 5.81. The van der Waals surface area contributed by atoms with Crippen LogP contribution in [-0.2, 0) is 0 Å². The SMILES string of the molecule is O=c1c(Cl)c(C=Cc2c(Cl)cccc2Cl)nc2sccn12. The Bertz CT molecular complexity index is 894. The molecule has 1 aromatic carbocycles. The van der Waals surface area contributed by atoms with Crippen molar-refractivity contribution in [3.63, 3.8) is 0 Å². The summed E-state index contributed by atoms with van der Waals surface area (Å²) < 4.78 is 1.41. The zero-order valence-corrected chi connectivity index (χ0v) is 13.5. The van der Waals surface area contributed by atoms with Crippen LogP contribution in [-0.4, -0.2) is 9.38 Å². The number of nitrogens with zero attached hydrogens (tertiary/aromatic N) is 2. The summed E-state index contributed by atoms with van der Waals surface area (Å²) in [5.41, 5.74) is 0.748. The number of rotatable bonds is 2. The third kappa shape index (κ3) is 2.72. The third-order valence-corrected chi connectivity index (χ3v) is 4.62. The van der Waals surface area contributed by atoms with Crippen molar-refractivity contribution in [3.05, 3.63) is 66.5 Å². The van der Waals surface area contributed by atoms with Crippen molar-refractivity contribution in [1.82, 2.24) is 9.38 Å². The van der Waals surface area contributed by atoms with E-state index in [0.717, 1.165) is 0 Å². The predicted octanol–water partition coefficient (Wildman–Crippen LogP) is 4.89. The first kappa shape index (κ1) is 14.6. The topological polar surface area (TPSA) is 34.4 Å². The summed E-state index contributed by atoms with van der Waals surface area (Å²) in [7, 11) is 0. The summed E-state index contributed by atoms with van der Waals surface area (Å²) in [5, 5.41) is 2.87. The van der Waals surface area contributed by atoms with Crippen LogP contribution in [0, 0.1) is 0 Å². The molecule has 106 valence electrons. The van der Waals surface area contributed by atoms with Crippen LogP contribution in [0.4, 0.5) is 0 Å². The van der Waals surface area contributed by atoms with E-state index in [1.807, 2.05) is 0 Å². The molecule has 0 spiro atoms. The Balaban J connectivity index is 2.12. The lowest BCUT2D eigenvalue weighted by Gasteiger charge is -2.02. The lowest BCUT2D eigenvalue weighted by atomic mass is 10.2. The fourth-order valence-electron chi connectivity index (χ4n) is 1.82. The van der Waals surface area contributed by atoms with Gasteiger partial charge in [0.05, 0.1) is 5.69 Å². The number of benzene rings is 1. The summed E-state index contributed by atoms with van der Waals surface area (Å²) in [6, 6.07) is 5.23. The van der Waals surface area contributed by atoms with E-state index >= 15 is 0 Å². The number of hydrogen-bond donors (Lipinski definition) is 0. The normalized spacial score (nSPS) is 11.6. The summed E-state index contributed by atoms with van der Waals surface area (Å²) in [5.74, 6) is 0. The second-order valence-corrected chi connectivity index (χ2v) is 6.21. The molecule has 3 nitrogen and oxygen atoms in total. The molecule has 0 N–H and O–H groups in total. The molecule has 0 fully saturated rings. The number of thiazole rings is 1. The molecule has 0 aliphatic carbocycles. The van der Waals surface area contributed by atoms with Gasteiger partial charge in [0.2, 0.25) is 0 Å². The summed E-state index contributed by atoms with van der Waals surface area (Å²) in [4.78, 5) is 17.0. The minimum absolute atomic E-state index is 0.0605. The van der Waals surface area contributed by atoms with Gasteiger partial charge < -0.3 is 0 Å². The van der Waals surface area contributed by atoms with E-state index in [4.69, 9.17) is 34.8 Å². The highest BCUT2D eigenvalue weighted by molar-refractivity contribution is 7.15. The van der Waals surface area contributed by atoms with Gasteiger partial charge in [0.15, 0.2) is 4.96 Å². The van der Waals surface area contributed by atoms with Gasteiger partial charge in [-0.1, -0.05) is 40.9 Å². The molecule has 0 saturated heterocycles. The Kier molecular flexibility index (Phi) is 4.04. The van der Waals surface area contributed by atoms with Gasteiger partial charge in [0.25, 0.3) is 5.56 Å². The molecular weight excluding hydrogens is 351 g/mol. The lowest BCUT2D eigenvalue weighted by molar-refractivity contribution is 1.07. The van der Waals surface area contributed by atoms with Gasteiger partial charge in [-0.05, 0) is 24.3 Å². The van der Waals surface area contributed by atoms with Crippen molar-refractivity contribution < 1.29 is 0 Å². The van der Waals surface area contributed by atoms with Gasteiger partial charge in [-0.3, -0.25) is 9.20 Å². The van der Waals surface area contributed by atoms with Crippen molar-refractivity contribution in [2.75, 3.05) is 0 Å². The van der Waals surface area contributed by atoms with E-state index in [1.54, 1.807) is 41.9 Å². The first-order valence-electron chi connectivity index (χ1n) is 5.85. The Morgan fingerprint density at radius 2 is 1.86 bits per heavy atom. The Hall–Kier alpha value is -1.33. The van der Waals surface area contributed by atoms with Crippen molar-refractivity contribution in [2.24, 2.45) is 0 Å². The van der Waals surface area contributed by atoms with Crippen LogP contribution in [0.1, 0.15) is 11.3 Å². The van der Waals surface area contributed by atoms with E-state index < -0.39 is 0 Å². The van der Waals surface area contributed by atoms with Crippen molar-refractivity contribution in [1.29, 1.82) is 0 Å². The monoisotopic (exact) mass is 356 g/mol. The van der Waals surface area contributed by atoms with E-state index in [9.17, 15) is 4.79 Å². The molecule has 0 radical (unpaired) electrons. The fourth-order valence-corrected chi connectivity index (χ4v) is 3.25. The molecule has 0 amide bonds. The molecule has 2 heterocycles. The molecule has 2 aromatic heterocycles. The average Bonchev–Trinajstić information content (AvgIpc) is 2.92. The van der Waals surface area contributed by atoms with Crippen LogP contribution >= 0.6 is 46.1 Å². The van der Waals surface area contributed by atoms with Crippen LogP contribution in [0.2, 0.25) is 15.1 Å². The molecule has 3 rings (SSSR count). The zero-order valence-electron chi connectivity index (χ0n) is 10.4. The third-order valence-electron chi connectivity index (χ3n) is 2.84. The van der Waals surface area contributed by atoms with E-state index in [-0.39, 0.29) is 10.6 Å². The van der Waals surface area contributed by atoms with Gasteiger partial charge in [-0.25, -0.2) is 4.98 Å². The first-order valence-corrected chi connectivity index (χ1v) is 7.87. The first-order chi connectivity index (χ1) is 10.1. The Morgan fingerprint density at radius 1 is 1.14 bits per heavy atom. The number of fused-ring (bicyclic) bond motifs is 1. The highest BCUT2D eigenvalue weighted by Gasteiger charge is 2.09. The van der Waals surface area contributed by atoms with Crippen molar-refractivity contribution in [3.8, 4) is 0 Å². The molecule has 0 unspecified atom stereocenters. The second-order valence-electron chi connectivity index (χ2n) is 4.14. The van der Waals surface area contributed by atoms with Crippen molar-refractivity contribution in [2.45, 2.75) is 0 Å².